The second kappa shape index (κ2) is 8.53. The number of halogens is 2. The molecule has 1 atom stereocenters. The molecule has 0 unspecified atom stereocenters. The van der Waals surface area contributed by atoms with Crippen molar-refractivity contribution in [1.29, 1.82) is 0 Å². The number of benzene rings is 1. The van der Waals surface area contributed by atoms with Gasteiger partial charge in [0.1, 0.15) is 11.9 Å². The number of nitrogens with zero attached hydrogens (tertiary/aromatic N) is 3. The van der Waals surface area contributed by atoms with E-state index in [0.29, 0.717) is 43.1 Å². The number of aliphatic hydroxyl groups is 1. The molecule has 3 rings (SSSR count). The fourth-order valence-electron chi connectivity index (χ4n) is 2.97. The number of aromatic nitrogens is 1. The van der Waals surface area contributed by atoms with E-state index in [9.17, 15) is 19.1 Å². The van der Waals surface area contributed by atoms with E-state index >= 15 is 0 Å². The van der Waals surface area contributed by atoms with Gasteiger partial charge in [0.25, 0.3) is 11.8 Å². The fraction of sp³-hybridized carbons (Fsp3) is 0.316. The Hall–Kier alpha value is -2.71. The Balaban J connectivity index is 1.73. The van der Waals surface area contributed by atoms with Crippen molar-refractivity contribution in [3.8, 4) is 0 Å². The number of carbonyl (C=O) groups excluding carboxylic acids is 2. The van der Waals surface area contributed by atoms with E-state index in [1.165, 1.54) is 36.4 Å². The summed E-state index contributed by atoms with van der Waals surface area (Å²) in [6.45, 7) is 2.82. The predicted octanol–water partition coefficient (Wildman–Crippen LogP) is 2.28. The van der Waals surface area contributed by atoms with Crippen LogP contribution in [0.5, 0.6) is 0 Å². The Kier molecular flexibility index (Phi) is 6.11. The van der Waals surface area contributed by atoms with Gasteiger partial charge in [0, 0.05) is 44.3 Å². The lowest BCUT2D eigenvalue weighted by atomic mass is 10.1. The second-order valence-electron chi connectivity index (χ2n) is 6.47. The molecule has 28 heavy (non-hydrogen) atoms. The number of pyridine rings is 1. The number of amides is 2. The quantitative estimate of drug-likeness (QED) is 0.813. The molecule has 1 aromatic heterocycles. The van der Waals surface area contributed by atoms with Gasteiger partial charge in [-0.2, -0.15) is 0 Å². The molecule has 2 amide bonds. The zero-order valence-electron chi connectivity index (χ0n) is 15.2. The molecular weight excluding hydrogens is 387 g/mol. The maximum Gasteiger partial charge on any atom is 0.257 e. The van der Waals surface area contributed by atoms with Crippen LogP contribution in [0.4, 0.5) is 15.8 Å². The summed E-state index contributed by atoms with van der Waals surface area (Å²) in [5.41, 5.74) is 1.28. The average molecular weight is 407 g/mol. The number of rotatable bonds is 4. The first-order valence-corrected chi connectivity index (χ1v) is 9.17. The summed E-state index contributed by atoms with van der Waals surface area (Å²) in [6.07, 6.45) is 1.92. The molecule has 2 heterocycles. The Morgan fingerprint density at radius 1 is 1.21 bits per heavy atom. The van der Waals surface area contributed by atoms with Gasteiger partial charge in [-0.05, 0) is 31.2 Å². The van der Waals surface area contributed by atoms with E-state index in [4.69, 9.17) is 11.6 Å². The standard InChI is InChI=1S/C19H20ClFN4O3/c1-12(26)18(27)24-6-8-25(9-7-24)19(28)14-11-22-5-4-17(14)23-13-2-3-15(20)16(21)10-13/h2-5,10-12,26H,6-9H2,1H3,(H,22,23)/t12-/m0/s1. The van der Waals surface area contributed by atoms with E-state index in [1.807, 2.05) is 0 Å². The van der Waals surface area contributed by atoms with Gasteiger partial charge in [-0.15, -0.1) is 0 Å². The minimum absolute atomic E-state index is 0.0150. The van der Waals surface area contributed by atoms with Crippen molar-refractivity contribution < 1.29 is 19.1 Å². The lowest BCUT2D eigenvalue weighted by Crippen LogP contribution is -2.52. The summed E-state index contributed by atoms with van der Waals surface area (Å²) in [6, 6.07) is 5.92. The van der Waals surface area contributed by atoms with Gasteiger partial charge in [-0.3, -0.25) is 14.6 Å². The molecule has 1 aliphatic heterocycles. The number of carbonyl (C=O) groups is 2. The number of nitrogens with one attached hydrogen (secondary N) is 1. The maximum absolute atomic E-state index is 13.7. The summed E-state index contributed by atoms with van der Waals surface area (Å²) in [5.74, 6) is -1.15. The molecule has 1 fully saturated rings. The van der Waals surface area contributed by atoms with Crippen LogP contribution in [0.1, 0.15) is 17.3 Å². The Labute approximate surface area is 166 Å². The number of anilines is 2. The highest BCUT2D eigenvalue weighted by molar-refractivity contribution is 6.30. The van der Waals surface area contributed by atoms with Gasteiger partial charge in [0.2, 0.25) is 0 Å². The van der Waals surface area contributed by atoms with Crippen molar-refractivity contribution in [3.05, 3.63) is 53.1 Å². The molecule has 148 valence electrons. The van der Waals surface area contributed by atoms with Gasteiger partial charge in [0.15, 0.2) is 0 Å². The van der Waals surface area contributed by atoms with Crippen molar-refractivity contribution in [2.24, 2.45) is 0 Å². The molecule has 1 aromatic carbocycles. The van der Waals surface area contributed by atoms with E-state index in [-0.39, 0.29) is 16.8 Å². The summed E-state index contributed by atoms with van der Waals surface area (Å²) in [4.78, 5) is 32.0. The van der Waals surface area contributed by atoms with Gasteiger partial charge in [-0.1, -0.05) is 11.6 Å². The molecule has 0 aliphatic carbocycles. The number of aliphatic hydroxyl groups excluding tert-OH is 1. The van der Waals surface area contributed by atoms with E-state index in [1.54, 1.807) is 17.0 Å². The Morgan fingerprint density at radius 3 is 2.54 bits per heavy atom. The van der Waals surface area contributed by atoms with Crippen LogP contribution in [-0.4, -0.2) is 64.0 Å². The molecule has 0 bridgehead atoms. The zero-order chi connectivity index (χ0) is 20.3. The molecule has 2 N–H and O–H groups in total. The van der Waals surface area contributed by atoms with Gasteiger partial charge < -0.3 is 20.2 Å². The minimum Gasteiger partial charge on any atom is -0.384 e. The molecule has 2 aromatic rings. The van der Waals surface area contributed by atoms with Crippen LogP contribution in [0, 0.1) is 5.82 Å². The first kappa shape index (κ1) is 20.0. The minimum atomic E-state index is -1.06. The molecule has 9 heteroatoms. The van der Waals surface area contributed by atoms with Gasteiger partial charge in [-0.25, -0.2) is 4.39 Å². The normalized spacial score (nSPS) is 15.3. The Morgan fingerprint density at radius 2 is 1.89 bits per heavy atom. The van der Waals surface area contributed by atoms with Crippen LogP contribution >= 0.6 is 11.6 Å². The van der Waals surface area contributed by atoms with Gasteiger partial charge in [0.05, 0.1) is 16.3 Å². The van der Waals surface area contributed by atoms with Crippen LogP contribution < -0.4 is 5.32 Å². The third-order valence-electron chi connectivity index (χ3n) is 4.49. The zero-order valence-corrected chi connectivity index (χ0v) is 16.0. The third-order valence-corrected chi connectivity index (χ3v) is 4.79. The average Bonchev–Trinajstić information content (AvgIpc) is 2.70. The largest absolute Gasteiger partial charge is 0.384 e. The van der Waals surface area contributed by atoms with Gasteiger partial charge >= 0.3 is 0 Å². The first-order chi connectivity index (χ1) is 13.4. The highest BCUT2D eigenvalue weighted by Gasteiger charge is 2.27. The fourth-order valence-corrected chi connectivity index (χ4v) is 3.09. The van der Waals surface area contributed by atoms with Crippen molar-refractivity contribution >= 4 is 34.8 Å². The summed E-state index contributed by atoms with van der Waals surface area (Å²) in [7, 11) is 0. The highest BCUT2D eigenvalue weighted by Crippen LogP contribution is 2.25. The molecule has 0 saturated carbocycles. The lowest BCUT2D eigenvalue weighted by molar-refractivity contribution is -0.140. The van der Waals surface area contributed by atoms with Crippen molar-refractivity contribution in [1.82, 2.24) is 14.8 Å². The second-order valence-corrected chi connectivity index (χ2v) is 6.88. The van der Waals surface area contributed by atoms with E-state index in [2.05, 4.69) is 10.3 Å². The van der Waals surface area contributed by atoms with Crippen molar-refractivity contribution in [2.75, 3.05) is 31.5 Å². The molecule has 0 radical (unpaired) electrons. The van der Waals surface area contributed by atoms with Crippen LogP contribution in [0.3, 0.4) is 0 Å². The maximum atomic E-state index is 13.7. The predicted molar refractivity (Wildman–Crippen MR) is 103 cm³/mol. The SMILES string of the molecule is C[C@H](O)C(=O)N1CCN(C(=O)c2cnccc2Nc2ccc(Cl)c(F)c2)CC1. The molecule has 1 aliphatic rings. The lowest BCUT2D eigenvalue weighted by Gasteiger charge is -2.35. The number of hydrogen-bond acceptors (Lipinski definition) is 5. The molecular formula is C19H20ClFN4O3. The molecule has 7 nitrogen and oxygen atoms in total. The van der Waals surface area contributed by atoms with Crippen molar-refractivity contribution in [3.63, 3.8) is 0 Å². The van der Waals surface area contributed by atoms with E-state index in [0.717, 1.165) is 0 Å². The molecule has 1 saturated heterocycles. The highest BCUT2D eigenvalue weighted by atomic mass is 35.5. The summed E-state index contributed by atoms with van der Waals surface area (Å²) >= 11 is 5.70. The third kappa shape index (κ3) is 4.40. The van der Waals surface area contributed by atoms with Crippen LogP contribution in [0.2, 0.25) is 5.02 Å². The molecule has 0 spiro atoms. The van der Waals surface area contributed by atoms with Crippen molar-refractivity contribution in [2.45, 2.75) is 13.0 Å². The Bertz CT molecular complexity index is 885. The van der Waals surface area contributed by atoms with Crippen LogP contribution in [0.25, 0.3) is 0 Å². The number of hydrogen-bond donors (Lipinski definition) is 2. The van der Waals surface area contributed by atoms with Crippen LogP contribution in [-0.2, 0) is 4.79 Å². The summed E-state index contributed by atoms with van der Waals surface area (Å²) < 4.78 is 13.7. The topological polar surface area (TPSA) is 85.8 Å². The van der Waals surface area contributed by atoms with E-state index < -0.39 is 11.9 Å². The smallest absolute Gasteiger partial charge is 0.257 e. The summed E-state index contributed by atoms with van der Waals surface area (Å²) in [5, 5.41) is 12.4. The first-order valence-electron chi connectivity index (χ1n) is 8.79. The monoisotopic (exact) mass is 406 g/mol. The van der Waals surface area contributed by atoms with Crippen LogP contribution in [0.15, 0.2) is 36.7 Å². The number of piperazine rings is 1.